The predicted molar refractivity (Wildman–Crippen MR) is 131 cm³/mol. The van der Waals surface area contributed by atoms with Crippen molar-refractivity contribution in [2.45, 2.75) is 32.3 Å². The highest BCUT2D eigenvalue weighted by Gasteiger charge is 2.39. The Hall–Kier alpha value is -3.78. The number of nitrogens with zero attached hydrogens (tertiary/aromatic N) is 3. The van der Waals surface area contributed by atoms with Crippen molar-refractivity contribution in [2.75, 3.05) is 11.9 Å². The summed E-state index contributed by atoms with van der Waals surface area (Å²) in [5.74, 6) is -0.826. The molecule has 2 aromatic carbocycles. The van der Waals surface area contributed by atoms with Crippen molar-refractivity contribution < 1.29 is 14.4 Å². The minimum Gasteiger partial charge on any atom is -0.350 e. The molecule has 0 spiro atoms. The fraction of sp³-hybridized carbons (Fsp3) is 0.192. The number of anilines is 1. The number of imide groups is 1. The third-order valence-electron chi connectivity index (χ3n) is 5.31. The van der Waals surface area contributed by atoms with Crippen LogP contribution >= 0.6 is 11.8 Å². The maximum absolute atomic E-state index is 13.3. The number of thioether (sulfide) groups is 1. The number of Topliss-reactive ketones (excluding diaryl/α,β-unsaturated/α-hetero) is 1. The number of hydrogen-bond acceptors (Lipinski definition) is 7. The lowest BCUT2D eigenvalue weighted by atomic mass is 10.1. The van der Waals surface area contributed by atoms with Crippen molar-refractivity contribution in [1.82, 2.24) is 14.9 Å². The van der Waals surface area contributed by atoms with Gasteiger partial charge in [0.2, 0.25) is 0 Å². The van der Waals surface area contributed by atoms with E-state index in [0.717, 1.165) is 28.7 Å². The van der Waals surface area contributed by atoms with Crippen LogP contribution < -0.4 is 5.32 Å². The number of aromatic nitrogens is 2. The van der Waals surface area contributed by atoms with Crippen LogP contribution in [-0.2, 0) is 16.0 Å². The van der Waals surface area contributed by atoms with Gasteiger partial charge in [0.05, 0.1) is 0 Å². The van der Waals surface area contributed by atoms with Gasteiger partial charge in [0.25, 0.3) is 11.8 Å². The first-order valence-electron chi connectivity index (χ1n) is 10.8. The maximum atomic E-state index is 13.3. The Balaban J connectivity index is 1.64. The Morgan fingerprint density at radius 3 is 2.21 bits per heavy atom. The van der Waals surface area contributed by atoms with Gasteiger partial charge in [-0.15, -0.1) is 0 Å². The molecule has 2 amide bonds. The fourth-order valence-electron chi connectivity index (χ4n) is 3.61. The van der Waals surface area contributed by atoms with Crippen molar-refractivity contribution in [3.05, 3.63) is 93.8 Å². The Labute approximate surface area is 202 Å². The number of hydrogen-bond donors (Lipinski definition) is 1. The molecule has 1 aliphatic rings. The van der Waals surface area contributed by atoms with E-state index in [1.165, 1.54) is 11.8 Å². The molecule has 1 N–H and O–H groups in total. The number of carbonyl (C=O) groups excluding carboxylic acids is 3. The molecular weight excluding hydrogens is 448 g/mol. The van der Waals surface area contributed by atoms with Crippen LogP contribution in [0.3, 0.4) is 0 Å². The van der Waals surface area contributed by atoms with Gasteiger partial charge in [-0.3, -0.25) is 19.3 Å². The number of aryl methyl sites for hydroxylation is 2. The van der Waals surface area contributed by atoms with Gasteiger partial charge in [0.15, 0.2) is 10.9 Å². The molecule has 4 rings (SSSR count). The zero-order valence-corrected chi connectivity index (χ0v) is 20.0. The summed E-state index contributed by atoms with van der Waals surface area (Å²) in [6.07, 6.45) is 0.552. The quantitative estimate of drug-likeness (QED) is 0.296. The monoisotopic (exact) mass is 472 g/mol. The summed E-state index contributed by atoms with van der Waals surface area (Å²) in [5.41, 5.74) is 3.95. The Bertz CT molecular complexity index is 1270. The minimum absolute atomic E-state index is 0.0480. The third-order valence-corrected chi connectivity index (χ3v) is 6.26. The molecule has 0 saturated carbocycles. The van der Waals surface area contributed by atoms with Crippen molar-refractivity contribution in [3.8, 4) is 0 Å². The normalized spacial score (nSPS) is 13.6. The van der Waals surface area contributed by atoms with Crippen molar-refractivity contribution in [3.63, 3.8) is 0 Å². The summed E-state index contributed by atoms with van der Waals surface area (Å²) in [6, 6.07) is 18.3. The Kier molecular flexibility index (Phi) is 6.88. The fourth-order valence-corrected chi connectivity index (χ4v) is 4.61. The van der Waals surface area contributed by atoms with E-state index in [4.69, 9.17) is 0 Å². The first-order chi connectivity index (χ1) is 16.3. The summed E-state index contributed by atoms with van der Waals surface area (Å²) in [7, 11) is 0. The lowest BCUT2D eigenvalue weighted by Gasteiger charge is -2.15. The highest BCUT2D eigenvalue weighted by atomic mass is 32.2. The zero-order chi connectivity index (χ0) is 24.2. The van der Waals surface area contributed by atoms with Crippen molar-refractivity contribution in [2.24, 2.45) is 0 Å². The minimum atomic E-state index is -0.400. The molecule has 172 valence electrons. The summed E-state index contributed by atoms with van der Waals surface area (Å²) >= 11 is 1.08. The van der Waals surface area contributed by atoms with Crippen LogP contribution in [0.5, 0.6) is 0 Å². The number of amides is 2. The van der Waals surface area contributed by atoms with E-state index in [9.17, 15) is 14.4 Å². The molecule has 0 unspecified atom stereocenters. The first-order valence-corrected chi connectivity index (χ1v) is 11.7. The van der Waals surface area contributed by atoms with Crippen LogP contribution in [0.4, 0.5) is 5.69 Å². The molecule has 0 aliphatic carbocycles. The molecular formula is C26H24N4O3S. The summed E-state index contributed by atoms with van der Waals surface area (Å²) in [5, 5.41) is 3.50. The molecule has 2 heterocycles. The molecule has 1 aromatic heterocycles. The maximum Gasteiger partial charge on any atom is 0.278 e. The van der Waals surface area contributed by atoms with Crippen LogP contribution in [0.15, 0.2) is 76.4 Å². The van der Waals surface area contributed by atoms with Gasteiger partial charge in [-0.1, -0.05) is 30.3 Å². The molecule has 1 aliphatic heterocycles. The Morgan fingerprint density at radius 1 is 0.941 bits per heavy atom. The highest BCUT2D eigenvalue weighted by Crippen LogP contribution is 2.34. The predicted octanol–water partition coefficient (Wildman–Crippen LogP) is 4.32. The molecule has 0 saturated heterocycles. The molecule has 7 nitrogen and oxygen atoms in total. The SMILES string of the molecule is CC(=O)c1ccc(NC2=C(Sc3nc(C)cc(C)n3)C(=O)N(CCc3ccccc3)C2=O)cc1. The van der Waals surface area contributed by atoms with Crippen LogP contribution in [0.1, 0.15) is 34.2 Å². The molecule has 8 heteroatoms. The molecule has 0 radical (unpaired) electrons. The average molecular weight is 473 g/mol. The first kappa shape index (κ1) is 23.4. The standard InChI is InChI=1S/C26H24N4O3S/c1-16-15-17(2)28-26(27-16)34-23-22(29-21-11-9-20(10-12-21)18(3)31)24(32)30(25(23)33)14-13-19-7-5-4-6-8-19/h4-12,15,29H,13-14H2,1-3H3. The van der Waals surface area contributed by atoms with Gasteiger partial charge in [-0.25, -0.2) is 9.97 Å². The lowest BCUT2D eigenvalue weighted by Crippen LogP contribution is -2.34. The number of carbonyl (C=O) groups is 3. The number of ketones is 1. The van der Waals surface area contributed by atoms with Crippen molar-refractivity contribution in [1.29, 1.82) is 0 Å². The lowest BCUT2D eigenvalue weighted by molar-refractivity contribution is -0.137. The van der Waals surface area contributed by atoms with E-state index in [0.29, 0.717) is 22.8 Å². The van der Waals surface area contributed by atoms with Crippen LogP contribution in [0, 0.1) is 13.8 Å². The second kappa shape index (κ2) is 10.0. The second-order valence-electron chi connectivity index (χ2n) is 8.00. The van der Waals surface area contributed by atoms with Gasteiger partial charge in [0, 0.05) is 29.2 Å². The third kappa shape index (κ3) is 5.23. The average Bonchev–Trinajstić information content (AvgIpc) is 3.02. The number of nitrogens with one attached hydrogen (secondary N) is 1. The number of benzene rings is 2. The smallest absolute Gasteiger partial charge is 0.278 e. The summed E-state index contributed by atoms with van der Waals surface area (Å²) < 4.78 is 0. The highest BCUT2D eigenvalue weighted by molar-refractivity contribution is 8.04. The summed E-state index contributed by atoms with van der Waals surface area (Å²) in [6.45, 7) is 5.47. The van der Waals surface area contributed by atoms with Gasteiger partial charge in [0.1, 0.15) is 10.6 Å². The van der Waals surface area contributed by atoms with Gasteiger partial charge >= 0.3 is 0 Å². The number of rotatable bonds is 8. The van der Waals surface area contributed by atoms with Gasteiger partial charge < -0.3 is 5.32 Å². The topological polar surface area (TPSA) is 92.3 Å². The molecule has 0 bridgehead atoms. The molecule has 0 atom stereocenters. The zero-order valence-electron chi connectivity index (χ0n) is 19.2. The van der Waals surface area contributed by atoms with Crippen molar-refractivity contribution >= 4 is 35.0 Å². The van der Waals surface area contributed by atoms with Crippen LogP contribution in [0.25, 0.3) is 0 Å². The Morgan fingerprint density at radius 2 is 1.59 bits per heavy atom. The van der Waals surface area contributed by atoms with E-state index in [2.05, 4.69) is 15.3 Å². The van der Waals surface area contributed by atoms with E-state index in [-0.39, 0.29) is 28.8 Å². The largest absolute Gasteiger partial charge is 0.350 e. The van der Waals surface area contributed by atoms with Crippen LogP contribution in [0.2, 0.25) is 0 Å². The van der Waals surface area contributed by atoms with Crippen LogP contribution in [-0.4, -0.2) is 39.0 Å². The van der Waals surface area contributed by atoms with E-state index < -0.39 is 5.91 Å². The second-order valence-corrected chi connectivity index (χ2v) is 8.97. The van der Waals surface area contributed by atoms with E-state index in [1.807, 2.05) is 50.2 Å². The van der Waals surface area contributed by atoms with E-state index >= 15 is 0 Å². The van der Waals surface area contributed by atoms with E-state index in [1.54, 1.807) is 24.3 Å². The summed E-state index contributed by atoms with van der Waals surface area (Å²) in [4.78, 5) is 48.6. The molecule has 34 heavy (non-hydrogen) atoms. The van der Waals surface area contributed by atoms with Gasteiger partial charge in [-0.05, 0) is 74.8 Å². The molecule has 0 fully saturated rings. The molecule has 3 aromatic rings. The van der Waals surface area contributed by atoms with Gasteiger partial charge in [-0.2, -0.15) is 0 Å².